The number of hydrogen-bond acceptors (Lipinski definition) is 3. The number of carboxylic acids is 1. The van der Waals surface area contributed by atoms with E-state index in [1.165, 1.54) is 6.92 Å². The van der Waals surface area contributed by atoms with Gasteiger partial charge in [0.05, 0.1) is 12.7 Å². The molecule has 1 fully saturated rings. The lowest BCUT2D eigenvalue weighted by molar-refractivity contribution is -0.152. The molecule has 0 aromatic heterocycles. The van der Waals surface area contributed by atoms with Crippen molar-refractivity contribution < 1.29 is 19.4 Å². The van der Waals surface area contributed by atoms with Gasteiger partial charge in [0.2, 0.25) is 0 Å². The molecule has 13 heavy (non-hydrogen) atoms. The Morgan fingerprint density at radius 3 is 3.00 bits per heavy atom. The molecule has 2 atom stereocenters. The van der Waals surface area contributed by atoms with Crippen molar-refractivity contribution in [2.24, 2.45) is 0 Å². The molecule has 0 bridgehead atoms. The minimum atomic E-state index is -0.921. The first kappa shape index (κ1) is 10.5. The van der Waals surface area contributed by atoms with Crippen molar-refractivity contribution >= 4 is 5.97 Å². The molecular weight excluding hydrogens is 172 g/mol. The Morgan fingerprint density at radius 2 is 2.46 bits per heavy atom. The van der Waals surface area contributed by atoms with Crippen LogP contribution in [0.1, 0.15) is 26.2 Å². The van der Waals surface area contributed by atoms with E-state index in [1.807, 2.05) is 0 Å². The molecule has 1 rings (SSSR count). The van der Waals surface area contributed by atoms with Crippen LogP contribution in [-0.2, 0) is 14.3 Å². The Morgan fingerprint density at radius 1 is 1.69 bits per heavy atom. The SMILES string of the molecule is C[C@H](OC[C@H]1CCCCO1)C(=O)O. The summed E-state index contributed by atoms with van der Waals surface area (Å²) in [5, 5.41) is 8.55. The molecule has 0 aliphatic carbocycles. The van der Waals surface area contributed by atoms with E-state index < -0.39 is 12.1 Å². The van der Waals surface area contributed by atoms with Gasteiger partial charge in [-0.1, -0.05) is 0 Å². The molecule has 1 saturated heterocycles. The van der Waals surface area contributed by atoms with Gasteiger partial charge < -0.3 is 14.6 Å². The van der Waals surface area contributed by atoms with Gasteiger partial charge in [0.1, 0.15) is 0 Å². The molecule has 0 aromatic rings. The molecule has 0 aromatic carbocycles. The smallest absolute Gasteiger partial charge is 0.332 e. The molecule has 1 N–H and O–H groups in total. The zero-order valence-corrected chi connectivity index (χ0v) is 7.86. The number of carboxylic acid groups (broad SMARTS) is 1. The van der Waals surface area contributed by atoms with E-state index in [0.29, 0.717) is 6.61 Å². The van der Waals surface area contributed by atoms with Gasteiger partial charge in [-0.25, -0.2) is 4.79 Å². The number of carbonyl (C=O) groups is 1. The van der Waals surface area contributed by atoms with Crippen LogP contribution < -0.4 is 0 Å². The summed E-state index contributed by atoms with van der Waals surface area (Å²) in [7, 11) is 0. The Kier molecular flexibility index (Phi) is 4.18. The largest absolute Gasteiger partial charge is 0.479 e. The molecule has 0 amide bonds. The highest BCUT2D eigenvalue weighted by atomic mass is 16.5. The molecule has 1 aliphatic heterocycles. The first-order valence-electron chi connectivity index (χ1n) is 4.66. The van der Waals surface area contributed by atoms with Crippen molar-refractivity contribution in [3.8, 4) is 0 Å². The summed E-state index contributed by atoms with van der Waals surface area (Å²) in [5.74, 6) is -0.921. The zero-order valence-electron chi connectivity index (χ0n) is 7.86. The topological polar surface area (TPSA) is 55.8 Å². The fourth-order valence-electron chi connectivity index (χ4n) is 1.26. The summed E-state index contributed by atoms with van der Waals surface area (Å²) in [4.78, 5) is 10.4. The lowest BCUT2D eigenvalue weighted by atomic mass is 10.1. The quantitative estimate of drug-likeness (QED) is 0.716. The fraction of sp³-hybridized carbons (Fsp3) is 0.889. The van der Waals surface area contributed by atoms with Gasteiger partial charge in [0, 0.05) is 6.61 Å². The lowest BCUT2D eigenvalue weighted by Gasteiger charge is -2.23. The van der Waals surface area contributed by atoms with Crippen LogP contribution in [-0.4, -0.2) is 36.5 Å². The highest BCUT2D eigenvalue weighted by molar-refractivity contribution is 5.71. The van der Waals surface area contributed by atoms with Crippen LogP contribution in [0.5, 0.6) is 0 Å². The highest BCUT2D eigenvalue weighted by Crippen LogP contribution is 2.13. The molecule has 4 heteroatoms. The first-order valence-corrected chi connectivity index (χ1v) is 4.66. The minimum Gasteiger partial charge on any atom is -0.479 e. The van der Waals surface area contributed by atoms with E-state index in [0.717, 1.165) is 25.9 Å². The summed E-state index contributed by atoms with van der Waals surface area (Å²) < 4.78 is 10.5. The maximum Gasteiger partial charge on any atom is 0.332 e. The van der Waals surface area contributed by atoms with E-state index >= 15 is 0 Å². The van der Waals surface area contributed by atoms with Gasteiger partial charge in [0.25, 0.3) is 0 Å². The number of rotatable bonds is 4. The van der Waals surface area contributed by atoms with Crippen LogP contribution in [0.25, 0.3) is 0 Å². The number of hydrogen-bond donors (Lipinski definition) is 1. The summed E-state index contributed by atoms with van der Waals surface area (Å²) in [5.41, 5.74) is 0. The van der Waals surface area contributed by atoms with Gasteiger partial charge in [-0.05, 0) is 26.2 Å². The Balaban J connectivity index is 2.13. The van der Waals surface area contributed by atoms with Crippen LogP contribution in [0.2, 0.25) is 0 Å². The molecule has 0 radical (unpaired) electrons. The van der Waals surface area contributed by atoms with E-state index in [2.05, 4.69) is 0 Å². The monoisotopic (exact) mass is 188 g/mol. The van der Waals surface area contributed by atoms with Gasteiger partial charge in [-0.2, -0.15) is 0 Å². The fourth-order valence-corrected chi connectivity index (χ4v) is 1.26. The predicted molar refractivity (Wildman–Crippen MR) is 46.6 cm³/mol. The van der Waals surface area contributed by atoms with Crippen LogP contribution in [0.3, 0.4) is 0 Å². The summed E-state index contributed by atoms with van der Waals surface area (Å²) >= 11 is 0. The van der Waals surface area contributed by atoms with E-state index in [4.69, 9.17) is 14.6 Å². The van der Waals surface area contributed by atoms with Gasteiger partial charge in [0.15, 0.2) is 6.10 Å². The van der Waals surface area contributed by atoms with Crippen LogP contribution >= 0.6 is 0 Å². The third-order valence-corrected chi connectivity index (χ3v) is 2.15. The van der Waals surface area contributed by atoms with Crippen LogP contribution in [0, 0.1) is 0 Å². The number of aliphatic carboxylic acids is 1. The average Bonchev–Trinajstić information content (AvgIpc) is 2.15. The molecule has 76 valence electrons. The van der Waals surface area contributed by atoms with E-state index in [1.54, 1.807) is 0 Å². The summed E-state index contributed by atoms with van der Waals surface area (Å²) in [6, 6.07) is 0. The molecule has 1 aliphatic rings. The zero-order chi connectivity index (χ0) is 9.68. The Bertz CT molecular complexity index is 163. The van der Waals surface area contributed by atoms with Crippen LogP contribution in [0.4, 0.5) is 0 Å². The molecule has 0 spiro atoms. The molecule has 0 unspecified atom stereocenters. The maximum atomic E-state index is 10.4. The predicted octanol–water partition coefficient (Wildman–Crippen LogP) is 1.05. The van der Waals surface area contributed by atoms with E-state index in [-0.39, 0.29) is 6.10 Å². The number of ether oxygens (including phenoxy) is 2. The van der Waals surface area contributed by atoms with Gasteiger partial charge >= 0.3 is 5.97 Å². The van der Waals surface area contributed by atoms with Crippen molar-refractivity contribution in [2.75, 3.05) is 13.2 Å². The average molecular weight is 188 g/mol. The third kappa shape index (κ3) is 3.74. The second-order valence-corrected chi connectivity index (χ2v) is 3.30. The minimum absolute atomic E-state index is 0.0931. The van der Waals surface area contributed by atoms with Crippen molar-refractivity contribution in [2.45, 2.75) is 38.4 Å². The van der Waals surface area contributed by atoms with Gasteiger partial charge in [-0.3, -0.25) is 0 Å². The second-order valence-electron chi connectivity index (χ2n) is 3.30. The molecule has 4 nitrogen and oxygen atoms in total. The Hall–Kier alpha value is -0.610. The standard InChI is InChI=1S/C9H16O4/c1-7(9(10)11)13-6-8-4-2-3-5-12-8/h7-8H,2-6H2,1H3,(H,10,11)/t7-,8+/m0/s1. The van der Waals surface area contributed by atoms with Crippen molar-refractivity contribution in [3.05, 3.63) is 0 Å². The van der Waals surface area contributed by atoms with Crippen molar-refractivity contribution in [3.63, 3.8) is 0 Å². The molecule has 0 saturated carbocycles. The van der Waals surface area contributed by atoms with Crippen LogP contribution in [0.15, 0.2) is 0 Å². The third-order valence-electron chi connectivity index (χ3n) is 2.15. The van der Waals surface area contributed by atoms with Crippen molar-refractivity contribution in [1.29, 1.82) is 0 Å². The normalized spacial score (nSPS) is 25.5. The summed E-state index contributed by atoms with van der Waals surface area (Å²) in [6.07, 6.45) is 2.59. The van der Waals surface area contributed by atoms with Crippen molar-refractivity contribution in [1.82, 2.24) is 0 Å². The molecular formula is C9H16O4. The first-order chi connectivity index (χ1) is 6.20. The highest BCUT2D eigenvalue weighted by Gasteiger charge is 2.17. The Labute approximate surface area is 77.8 Å². The lowest BCUT2D eigenvalue weighted by Crippen LogP contribution is -2.29. The summed E-state index contributed by atoms with van der Waals surface area (Å²) in [6.45, 7) is 2.70. The maximum absolute atomic E-state index is 10.4. The van der Waals surface area contributed by atoms with Gasteiger partial charge in [-0.15, -0.1) is 0 Å². The molecule has 1 heterocycles. The van der Waals surface area contributed by atoms with E-state index in [9.17, 15) is 4.79 Å². The second kappa shape index (κ2) is 5.19.